The maximum Gasteiger partial charge on any atom is 0.117 e. The molecule has 0 aliphatic heterocycles. The van der Waals surface area contributed by atoms with E-state index >= 15 is 0 Å². The van der Waals surface area contributed by atoms with Gasteiger partial charge in [0.05, 0.1) is 17.6 Å². The number of pyridine rings is 1. The molecule has 2 rings (SSSR count). The van der Waals surface area contributed by atoms with Gasteiger partial charge in [0.25, 0.3) is 0 Å². The Bertz CT molecular complexity index is 552. The molecule has 100 valence electrons. The second kappa shape index (κ2) is 5.71. The predicted molar refractivity (Wildman–Crippen MR) is 77.7 cm³/mol. The summed E-state index contributed by atoms with van der Waals surface area (Å²) in [6.07, 6.45) is 1.81. The zero-order chi connectivity index (χ0) is 13.8. The van der Waals surface area contributed by atoms with Gasteiger partial charge in [-0.05, 0) is 37.6 Å². The summed E-state index contributed by atoms with van der Waals surface area (Å²) in [4.78, 5) is 6.43. The van der Waals surface area contributed by atoms with Crippen molar-refractivity contribution in [1.82, 2.24) is 4.98 Å². The minimum Gasteiger partial charge on any atom is -0.508 e. The first-order valence-corrected chi connectivity index (χ1v) is 6.38. The normalized spacial score (nSPS) is 10.5. The maximum absolute atomic E-state index is 9.65. The van der Waals surface area contributed by atoms with Gasteiger partial charge >= 0.3 is 0 Å². The molecule has 19 heavy (non-hydrogen) atoms. The Morgan fingerprint density at radius 3 is 2.63 bits per heavy atom. The molecule has 1 heterocycles. The van der Waals surface area contributed by atoms with Crippen LogP contribution in [0.5, 0.6) is 5.75 Å². The van der Waals surface area contributed by atoms with E-state index in [9.17, 15) is 5.11 Å². The molecule has 1 aromatic heterocycles. The molecule has 0 unspecified atom stereocenters. The lowest BCUT2D eigenvalue weighted by molar-refractivity contribution is 0.475. The van der Waals surface area contributed by atoms with Gasteiger partial charge in [0.1, 0.15) is 5.75 Å². The van der Waals surface area contributed by atoms with Gasteiger partial charge in [-0.3, -0.25) is 4.98 Å². The molecule has 0 fully saturated rings. The average molecular weight is 257 g/mol. The highest BCUT2D eigenvalue weighted by Crippen LogP contribution is 2.30. The van der Waals surface area contributed by atoms with Gasteiger partial charge in [0.15, 0.2) is 0 Å². The molecule has 0 radical (unpaired) electrons. The minimum absolute atomic E-state index is 0.269. The Labute approximate surface area is 113 Å². The van der Waals surface area contributed by atoms with E-state index in [-0.39, 0.29) is 5.75 Å². The first-order chi connectivity index (χ1) is 9.15. The van der Waals surface area contributed by atoms with Crippen LogP contribution in [0.25, 0.3) is 0 Å². The molecule has 0 saturated heterocycles. The summed E-state index contributed by atoms with van der Waals surface area (Å²) in [7, 11) is 0. The van der Waals surface area contributed by atoms with E-state index in [1.54, 1.807) is 12.1 Å². The van der Waals surface area contributed by atoms with Crippen LogP contribution in [0.3, 0.4) is 0 Å². The zero-order valence-electron chi connectivity index (χ0n) is 11.3. The molecule has 0 atom stereocenters. The molecule has 0 spiro atoms. The van der Waals surface area contributed by atoms with Gasteiger partial charge in [0, 0.05) is 24.8 Å². The maximum atomic E-state index is 9.65. The molecular formula is C15H19N3O. The van der Waals surface area contributed by atoms with Crippen LogP contribution in [0.1, 0.15) is 18.2 Å². The summed E-state index contributed by atoms with van der Waals surface area (Å²) in [6.45, 7) is 5.34. The van der Waals surface area contributed by atoms with E-state index in [0.29, 0.717) is 6.54 Å². The summed E-state index contributed by atoms with van der Waals surface area (Å²) >= 11 is 0. The second-order valence-corrected chi connectivity index (χ2v) is 4.43. The number of aryl methyl sites for hydroxylation is 1. The first-order valence-electron chi connectivity index (χ1n) is 6.38. The van der Waals surface area contributed by atoms with Crippen LogP contribution in [0.15, 0.2) is 36.5 Å². The number of hydrogen-bond donors (Lipinski definition) is 2. The highest BCUT2D eigenvalue weighted by atomic mass is 16.3. The predicted octanol–water partition coefficient (Wildman–Crippen LogP) is 2.71. The van der Waals surface area contributed by atoms with E-state index in [2.05, 4.69) is 16.8 Å². The van der Waals surface area contributed by atoms with Crippen molar-refractivity contribution < 1.29 is 5.11 Å². The monoisotopic (exact) mass is 257 g/mol. The minimum atomic E-state index is 0.269. The molecule has 0 saturated carbocycles. The lowest BCUT2D eigenvalue weighted by Crippen LogP contribution is -2.17. The van der Waals surface area contributed by atoms with E-state index in [1.807, 2.05) is 31.3 Å². The molecule has 2 aromatic rings. The number of anilines is 2. The van der Waals surface area contributed by atoms with Gasteiger partial charge in [0.2, 0.25) is 0 Å². The molecule has 0 bridgehead atoms. The van der Waals surface area contributed by atoms with Crippen molar-refractivity contribution in [2.75, 3.05) is 11.4 Å². The number of phenols is 1. The quantitative estimate of drug-likeness (QED) is 0.884. The molecule has 3 N–H and O–H groups in total. The highest BCUT2D eigenvalue weighted by Gasteiger charge is 2.11. The number of hydrogen-bond acceptors (Lipinski definition) is 4. The number of nitrogens with zero attached hydrogens (tertiary/aromatic N) is 2. The standard InChI is InChI=1S/C15H19N3O/c1-3-18(13-6-5-12(9-16)17-10-13)15-8-14(19)7-4-11(15)2/h4-8,10,19H,3,9,16H2,1-2H3. The van der Waals surface area contributed by atoms with Crippen molar-refractivity contribution in [2.24, 2.45) is 5.73 Å². The topological polar surface area (TPSA) is 62.4 Å². The fourth-order valence-corrected chi connectivity index (χ4v) is 2.08. The molecule has 0 aliphatic rings. The number of aromatic hydroxyl groups is 1. The Balaban J connectivity index is 2.40. The summed E-state index contributed by atoms with van der Waals surface area (Å²) in [5.41, 5.74) is 9.52. The van der Waals surface area contributed by atoms with Gasteiger partial charge < -0.3 is 15.7 Å². The molecule has 0 amide bonds. The lowest BCUT2D eigenvalue weighted by atomic mass is 10.1. The van der Waals surface area contributed by atoms with Crippen LogP contribution < -0.4 is 10.6 Å². The summed E-state index contributed by atoms with van der Waals surface area (Å²) in [6, 6.07) is 9.31. The third-order valence-electron chi connectivity index (χ3n) is 3.13. The smallest absolute Gasteiger partial charge is 0.117 e. The highest BCUT2D eigenvalue weighted by molar-refractivity contribution is 5.67. The van der Waals surface area contributed by atoms with E-state index in [1.165, 1.54) is 0 Å². The number of phenolic OH excluding ortho intramolecular Hbond substituents is 1. The fourth-order valence-electron chi connectivity index (χ4n) is 2.08. The van der Waals surface area contributed by atoms with Gasteiger partial charge in [-0.25, -0.2) is 0 Å². The van der Waals surface area contributed by atoms with Crippen LogP contribution in [0.4, 0.5) is 11.4 Å². The van der Waals surface area contributed by atoms with Crippen LogP contribution in [0, 0.1) is 6.92 Å². The average Bonchev–Trinajstić information content (AvgIpc) is 2.44. The van der Waals surface area contributed by atoms with Gasteiger partial charge in [-0.15, -0.1) is 0 Å². The number of rotatable bonds is 4. The molecular weight excluding hydrogens is 238 g/mol. The number of nitrogens with two attached hydrogens (primary N) is 1. The summed E-state index contributed by atoms with van der Waals surface area (Å²) in [5.74, 6) is 0.269. The first kappa shape index (κ1) is 13.4. The third kappa shape index (κ3) is 2.85. The van der Waals surface area contributed by atoms with Crippen molar-refractivity contribution in [3.05, 3.63) is 47.8 Å². The van der Waals surface area contributed by atoms with Crippen molar-refractivity contribution >= 4 is 11.4 Å². The van der Waals surface area contributed by atoms with Crippen LogP contribution >= 0.6 is 0 Å². The Morgan fingerprint density at radius 1 is 1.26 bits per heavy atom. The van der Waals surface area contributed by atoms with Crippen LogP contribution in [-0.2, 0) is 6.54 Å². The molecule has 4 heteroatoms. The lowest BCUT2D eigenvalue weighted by Gasteiger charge is -2.25. The fraction of sp³-hybridized carbons (Fsp3) is 0.267. The van der Waals surface area contributed by atoms with Crippen molar-refractivity contribution in [3.63, 3.8) is 0 Å². The van der Waals surface area contributed by atoms with Crippen molar-refractivity contribution in [1.29, 1.82) is 0 Å². The zero-order valence-corrected chi connectivity index (χ0v) is 11.3. The van der Waals surface area contributed by atoms with E-state index in [4.69, 9.17) is 5.73 Å². The number of benzene rings is 1. The third-order valence-corrected chi connectivity index (χ3v) is 3.13. The Hall–Kier alpha value is -2.07. The second-order valence-electron chi connectivity index (χ2n) is 4.43. The van der Waals surface area contributed by atoms with Gasteiger partial charge in [-0.2, -0.15) is 0 Å². The van der Waals surface area contributed by atoms with Crippen molar-refractivity contribution in [2.45, 2.75) is 20.4 Å². The SMILES string of the molecule is CCN(c1ccc(CN)nc1)c1cc(O)ccc1C. The van der Waals surface area contributed by atoms with Crippen molar-refractivity contribution in [3.8, 4) is 5.75 Å². The largest absolute Gasteiger partial charge is 0.508 e. The molecule has 4 nitrogen and oxygen atoms in total. The molecule has 1 aromatic carbocycles. The summed E-state index contributed by atoms with van der Waals surface area (Å²) < 4.78 is 0. The molecule has 0 aliphatic carbocycles. The van der Waals surface area contributed by atoms with Gasteiger partial charge in [-0.1, -0.05) is 6.07 Å². The number of aromatic nitrogens is 1. The summed E-state index contributed by atoms with van der Waals surface area (Å²) in [5, 5.41) is 9.65. The van der Waals surface area contributed by atoms with Crippen LogP contribution in [-0.4, -0.2) is 16.6 Å². The Morgan fingerprint density at radius 2 is 2.05 bits per heavy atom. The van der Waals surface area contributed by atoms with E-state index in [0.717, 1.165) is 29.2 Å². The van der Waals surface area contributed by atoms with Crippen LogP contribution in [0.2, 0.25) is 0 Å². The Kier molecular flexibility index (Phi) is 4.02. The van der Waals surface area contributed by atoms with E-state index < -0.39 is 0 Å².